The van der Waals surface area contributed by atoms with Crippen molar-refractivity contribution in [3.63, 3.8) is 0 Å². The molecule has 1 amide bonds. The Morgan fingerprint density at radius 3 is 2.67 bits per heavy atom. The first kappa shape index (κ1) is 14.8. The number of hydrogen-bond acceptors (Lipinski definition) is 5. The van der Waals surface area contributed by atoms with Gasteiger partial charge in [0.25, 0.3) is 5.91 Å². The third kappa shape index (κ3) is 4.17. The van der Waals surface area contributed by atoms with Crippen molar-refractivity contribution in [2.45, 2.75) is 13.8 Å². The van der Waals surface area contributed by atoms with Crippen LogP contribution in [0.4, 0.5) is 5.69 Å². The number of nitrogens with two attached hydrogens (primary N) is 1. The summed E-state index contributed by atoms with van der Waals surface area (Å²) in [6.45, 7) is 4.34. The molecule has 0 fully saturated rings. The van der Waals surface area contributed by atoms with Crippen LogP contribution in [0.25, 0.3) is 0 Å². The van der Waals surface area contributed by atoms with Crippen molar-refractivity contribution in [3.8, 4) is 5.75 Å². The summed E-state index contributed by atoms with van der Waals surface area (Å²) < 4.78 is 5.50. The van der Waals surface area contributed by atoms with Crippen LogP contribution in [0.15, 0.2) is 30.3 Å². The quantitative estimate of drug-likeness (QED) is 0.642. The van der Waals surface area contributed by atoms with Gasteiger partial charge in [0.1, 0.15) is 12.4 Å². The van der Waals surface area contributed by atoms with E-state index in [9.17, 15) is 4.79 Å². The molecule has 21 heavy (non-hydrogen) atoms. The summed E-state index contributed by atoms with van der Waals surface area (Å²) in [6, 6.07) is 8.83. The number of nitrogen functional groups attached to an aromatic ring is 1. The Hall–Kier alpha value is -2.63. The maximum absolute atomic E-state index is 12.0. The fourth-order valence-electron chi connectivity index (χ4n) is 1.77. The number of benzene rings is 1. The van der Waals surface area contributed by atoms with E-state index in [0.717, 1.165) is 5.75 Å². The number of nitrogens with one attached hydrogen (secondary N) is 1. The van der Waals surface area contributed by atoms with Gasteiger partial charge < -0.3 is 15.8 Å². The van der Waals surface area contributed by atoms with Crippen molar-refractivity contribution in [1.29, 1.82) is 0 Å². The summed E-state index contributed by atoms with van der Waals surface area (Å²) in [7, 11) is 0. The van der Waals surface area contributed by atoms with E-state index in [0.29, 0.717) is 35.8 Å². The molecule has 2 aromatic rings. The lowest BCUT2D eigenvalue weighted by Crippen LogP contribution is -2.29. The second kappa shape index (κ2) is 6.69. The fourth-order valence-corrected chi connectivity index (χ4v) is 1.77. The predicted octanol–water partition coefficient (Wildman–Crippen LogP) is 1.48. The molecule has 0 saturated carbocycles. The minimum absolute atomic E-state index is 0.175. The lowest BCUT2D eigenvalue weighted by molar-refractivity contribution is 0.0945. The number of anilines is 1. The normalized spacial score (nSPS) is 10.2. The molecule has 2 rings (SSSR count). The average molecular weight is 286 g/mol. The van der Waals surface area contributed by atoms with Crippen LogP contribution >= 0.6 is 0 Å². The third-order valence-corrected chi connectivity index (χ3v) is 2.88. The maximum atomic E-state index is 12.0. The van der Waals surface area contributed by atoms with Gasteiger partial charge >= 0.3 is 0 Å². The molecule has 6 heteroatoms. The molecule has 0 aliphatic heterocycles. The average Bonchev–Trinajstić information content (AvgIpc) is 2.47. The number of aromatic nitrogens is 2. The zero-order valence-corrected chi connectivity index (χ0v) is 12.1. The first-order chi connectivity index (χ1) is 10.1. The topological polar surface area (TPSA) is 90.1 Å². The Morgan fingerprint density at radius 2 is 1.95 bits per heavy atom. The summed E-state index contributed by atoms with van der Waals surface area (Å²) in [5.74, 6) is 0.544. The molecular formula is C15H18N4O2. The van der Waals surface area contributed by atoms with E-state index < -0.39 is 0 Å². The first-order valence-corrected chi connectivity index (χ1v) is 6.64. The van der Waals surface area contributed by atoms with E-state index in [1.807, 2.05) is 0 Å². The summed E-state index contributed by atoms with van der Waals surface area (Å²) >= 11 is 0. The monoisotopic (exact) mass is 286 g/mol. The van der Waals surface area contributed by atoms with Crippen LogP contribution in [0.1, 0.15) is 21.7 Å². The van der Waals surface area contributed by atoms with Crippen molar-refractivity contribution in [2.24, 2.45) is 0 Å². The van der Waals surface area contributed by atoms with E-state index in [2.05, 4.69) is 15.5 Å². The van der Waals surface area contributed by atoms with E-state index in [4.69, 9.17) is 10.5 Å². The van der Waals surface area contributed by atoms with E-state index >= 15 is 0 Å². The number of carbonyl (C=O) groups is 1. The first-order valence-electron chi connectivity index (χ1n) is 6.64. The zero-order chi connectivity index (χ0) is 15.2. The minimum Gasteiger partial charge on any atom is -0.492 e. The van der Waals surface area contributed by atoms with Crippen LogP contribution in [0.3, 0.4) is 0 Å². The van der Waals surface area contributed by atoms with E-state index in [-0.39, 0.29) is 5.91 Å². The molecule has 0 bridgehead atoms. The minimum atomic E-state index is -0.175. The molecule has 6 nitrogen and oxygen atoms in total. The third-order valence-electron chi connectivity index (χ3n) is 2.88. The van der Waals surface area contributed by atoms with Crippen molar-refractivity contribution >= 4 is 11.6 Å². The molecule has 0 aliphatic rings. The lowest BCUT2D eigenvalue weighted by Gasteiger charge is -2.09. The molecule has 1 heterocycles. The summed E-state index contributed by atoms with van der Waals surface area (Å²) in [5.41, 5.74) is 8.13. The number of aryl methyl sites for hydroxylation is 2. The van der Waals surface area contributed by atoms with Gasteiger partial charge in [-0.3, -0.25) is 4.79 Å². The van der Waals surface area contributed by atoms with Gasteiger partial charge in [0.05, 0.1) is 23.5 Å². The smallest absolute Gasteiger partial charge is 0.253 e. The van der Waals surface area contributed by atoms with Gasteiger partial charge in [-0.1, -0.05) is 0 Å². The Labute approximate surface area is 123 Å². The molecule has 1 aromatic heterocycles. The van der Waals surface area contributed by atoms with Crippen LogP contribution in [0.2, 0.25) is 0 Å². The second-order valence-corrected chi connectivity index (χ2v) is 4.66. The summed E-state index contributed by atoms with van der Waals surface area (Å²) in [5, 5.41) is 10.6. The number of carbonyl (C=O) groups excluding carboxylic acids is 1. The highest BCUT2D eigenvalue weighted by Crippen LogP contribution is 2.12. The molecule has 3 N–H and O–H groups in total. The maximum Gasteiger partial charge on any atom is 0.253 e. The number of ether oxygens (including phenoxy) is 1. The molecule has 0 radical (unpaired) electrons. The van der Waals surface area contributed by atoms with Crippen molar-refractivity contribution in [3.05, 3.63) is 47.3 Å². The zero-order valence-electron chi connectivity index (χ0n) is 12.1. The van der Waals surface area contributed by atoms with Gasteiger partial charge in [-0.2, -0.15) is 10.2 Å². The second-order valence-electron chi connectivity index (χ2n) is 4.66. The number of rotatable bonds is 5. The molecule has 0 atom stereocenters. The summed E-state index contributed by atoms with van der Waals surface area (Å²) in [6.07, 6.45) is 0. The Kier molecular flexibility index (Phi) is 4.71. The molecule has 0 saturated heterocycles. The van der Waals surface area contributed by atoms with Gasteiger partial charge in [-0.25, -0.2) is 0 Å². The predicted molar refractivity (Wildman–Crippen MR) is 80.2 cm³/mol. The molecular weight excluding hydrogens is 268 g/mol. The van der Waals surface area contributed by atoms with Gasteiger partial charge in [0.15, 0.2) is 0 Å². The van der Waals surface area contributed by atoms with Crippen molar-refractivity contribution in [1.82, 2.24) is 15.5 Å². The fraction of sp³-hybridized carbons (Fsp3) is 0.267. The lowest BCUT2D eigenvalue weighted by atomic mass is 10.2. The standard InChI is InChI=1S/C15H18N4O2/c1-10-9-14(11(2)19-18-10)15(20)17-7-8-21-13-5-3-12(16)4-6-13/h3-6,9H,7-8,16H2,1-2H3,(H,17,20). The summed E-state index contributed by atoms with van der Waals surface area (Å²) in [4.78, 5) is 12.0. The molecule has 0 unspecified atom stereocenters. The number of amides is 1. The van der Waals surface area contributed by atoms with Crippen molar-refractivity contribution in [2.75, 3.05) is 18.9 Å². The Bertz CT molecular complexity index is 626. The molecule has 1 aromatic carbocycles. The van der Waals surface area contributed by atoms with Gasteiger partial charge in [-0.05, 0) is 44.2 Å². The molecule has 0 aliphatic carbocycles. The number of nitrogens with zero attached hydrogens (tertiary/aromatic N) is 2. The van der Waals surface area contributed by atoms with Gasteiger partial charge in [0, 0.05) is 5.69 Å². The van der Waals surface area contributed by atoms with Crippen molar-refractivity contribution < 1.29 is 9.53 Å². The van der Waals surface area contributed by atoms with Crippen LogP contribution in [-0.4, -0.2) is 29.3 Å². The molecule has 0 spiro atoms. The van der Waals surface area contributed by atoms with E-state index in [1.165, 1.54) is 0 Å². The van der Waals surface area contributed by atoms with Crippen LogP contribution in [0, 0.1) is 13.8 Å². The van der Waals surface area contributed by atoms with E-state index in [1.54, 1.807) is 44.2 Å². The Balaban J connectivity index is 1.81. The highest BCUT2D eigenvalue weighted by atomic mass is 16.5. The van der Waals surface area contributed by atoms with Crippen LogP contribution in [-0.2, 0) is 0 Å². The largest absolute Gasteiger partial charge is 0.492 e. The highest BCUT2D eigenvalue weighted by Gasteiger charge is 2.10. The van der Waals surface area contributed by atoms with Crippen LogP contribution in [0.5, 0.6) is 5.75 Å². The number of hydrogen-bond donors (Lipinski definition) is 2. The Morgan fingerprint density at radius 1 is 1.24 bits per heavy atom. The highest BCUT2D eigenvalue weighted by molar-refractivity contribution is 5.95. The van der Waals surface area contributed by atoms with Crippen LogP contribution < -0.4 is 15.8 Å². The van der Waals surface area contributed by atoms with Gasteiger partial charge in [-0.15, -0.1) is 0 Å². The van der Waals surface area contributed by atoms with Gasteiger partial charge in [0.2, 0.25) is 0 Å². The molecule has 110 valence electrons. The SMILES string of the molecule is Cc1cc(C(=O)NCCOc2ccc(N)cc2)c(C)nn1.